The first-order valence-corrected chi connectivity index (χ1v) is 8.77. The molecule has 2 amide bonds. The summed E-state index contributed by atoms with van der Waals surface area (Å²) in [5, 5.41) is 14.4. The lowest BCUT2D eigenvalue weighted by Crippen LogP contribution is -2.42. The topological polar surface area (TPSA) is 52.6 Å². The Morgan fingerprint density at radius 2 is 2.09 bits per heavy atom. The Kier molecular flexibility index (Phi) is 6.62. The van der Waals surface area contributed by atoms with E-state index < -0.39 is 0 Å². The highest BCUT2D eigenvalue weighted by molar-refractivity contribution is 7.10. The number of carbonyl (C=O) groups excluding carboxylic acids is 1. The molecular formula is C18H24N2O2S. The standard InChI is InChI=1S/C18H24N2O2S/c1-3-16(17-9-6-12-23-17)19-18(22)20(10-11-21)13-15-8-5-4-7-14(15)2/h4-9,12,16,21H,3,10-11,13H2,1-2H3,(H,19,22)/t16-/m0/s1. The molecule has 2 rings (SSSR count). The van der Waals surface area contributed by atoms with Crippen LogP contribution in [0.1, 0.15) is 35.4 Å². The molecule has 124 valence electrons. The van der Waals surface area contributed by atoms with E-state index in [-0.39, 0.29) is 18.7 Å². The highest BCUT2D eigenvalue weighted by atomic mass is 32.1. The number of hydrogen-bond acceptors (Lipinski definition) is 3. The Morgan fingerprint density at radius 1 is 1.30 bits per heavy atom. The van der Waals surface area contributed by atoms with E-state index >= 15 is 0 Å². The zero-order valence-corrected chi connectivity index (χ0v) is 14.5. The molecule has 0 aliphatic heterocycles. The summed E-state index contributed by atoms with van der Waals surface area (Å²) >= 11 is 1.65. The third-order valence-corrected chi connectivity index (χ3v) is 4.86. The van der Waals surface area contributed by atoms with Crippen LogP contribution in [0.3, 0.4) is 0 Å². The van der Waals surface area contributed by atoms with Crippen LogP contribution < -0.4 is 5.32 Å². The van der Waals surface area contributed by atoms with E-state index in [0.717, 1.165) is 22.4 Å². The second kappa shape index (κ2) is 8.70. The minimum Gasteiger partial charge on any atom is -0.395 e. The van der Waals surface area contributed by atoms with Gasteiger partial charge in [-0.15, -0.1) is 11.3 Å². The molecule has 0 unspecified atom stereocenters. The Bertz CT molecular complexity index is 613. The van der Waals surface area contributed by atoms with Crippen molar-refractivity contribution in [2.24, 2.45) is 0 Å². The normalized spacial score (nSPS) is 12.0. The minimum absolute atomic E-state index is 0.0144. The van der Waals surface area contributed by atoms with Crippen molar-refractivity contribution < 1.29 is 9.90 Å². The first-order valence-electron chi connectivity index (χ1n) is 7.90. The van der Waals surface area contributed by atoms with Crippen molar-refractivity contribution in [3.63, 3.8) is 0 Å². The molecule has 1 heterocycles. The summed E-state index contributed by atoms with van der Waals surface area (Å²) in [7, 11) is 0. The SMILES string of the molecule is CC[C@H](NC(=O)N(CCO)Cc1ccccc1C)c1cccs1. The summed E-state index contributed by atoms with van der Waals surface area (Å²) in [6, 6.07) is 11.9. The highest BCUT2D eigenvalue weighted by Crippen LogP contribution is 2.22. The number of hydrogen-bond donors (Lipinski definition) is 2. The summed E-state index contributed by atoms with van der Waals surface area (Å²) in [4.78, 5) is 15.4. The minimum atomic E-state index is -0.137. The molecule has 1 aromatic heterocycles. The fourth-order valence-electron chi connectivity index (χ4n) is 2.47. The maximum Gasteiger partial charge on any atom is 0.318 e. The third kappa shape index (κ3) is 4.81. The fourth-order valence-corrected chi connectivity index (χ4v) is 3.33. The van der Waals surface area contributed by atoms with Gasteiger partial charge in [-0.2, -0.15) is 0 Å². The van der Waals surface area contributed by atoms with E-state index in [1.54, 1.807) is 16.2 Å². The summed E-state index contributed by atoms with van der Waals surface area (Å²) in [5.41, 5.74) is 2.24. The molecule has 23 heavy (non-hydrogen) atoms. The first-order chi connectivity index (χ1) is 11.2. The molecule has 1 atom stereocenters. The fraction of sp³-hybridized carbons (Fsp3) is 0.389. The van der Waals surface area contributed by atoms with E-state index in [1.165, 1.54) is 0 Å². The molecule has 2 aromatic rings. The van der Waals surface area contributed by atoms with Crippen molar-refractivity contribution in [1.29, 1.82) is 0 Å². The molecule has 4 nitrogen and oxygen atoms in total. The van der Waals surface area contributed by atoms with Crippen LogP contribution in [0.5, 0.6) is 0 Å². The summed E-state index contributed by atoms with van der Waals surface area (Å²) in [6.45, 7) is 4.86. The van der Waals surface area contributed by atoms with Gasteiger partial charge in [0.2, 0.25) is 0 Å². The van der Waals surface area contributed by atoms with Crippen molar-refractivity contribution in [3.8, 4) is 0 Å². The molecule has 5 heteroatoms. The number of benzene rings is 1. The predicted molar refractivity (Wildman–Crippen MR) is 94.6 cm³/mol. The second-order valence-corrected chi connectivity index (χ2v) is 6.48. The summed E-state index contributed by atoms with van der Waals surface area (Å²) in [6.07, 6.45) is 0.837. The van der Waals surface area contributed by atoms with Gasteiger partial charge in [-0.25, -0.2) is 4.79 Å². The van der Waals surface area contributed by atoms with Crippen molar-refractivity contribution in [3.05, 3.63) is 57.8 Å². The van der Waals surface area contributed by atoms with E-state index in [0.29, 0.717) is 13.1 Å². The lowest BCUT2D eigenvalue weighted by molar-refractivity contribution is 0.170. The molecule has 0 saturated carbocycles. The average molecular weight is 332 g/mol. The van der Waals surface area contributed by atoms with Crippen LogP contribution in [0.4, 0.5) is 4.79 Å². The van der Waals surface area contributed by atoms with Crippen molar-refractivity contribution >= 4 is 17.4 Å². The van der Waals surface area contributed by atoms with Crippen LogP contribution in [0, 0.1) is 6.92 Å². The number of urea groups is 1. The highest BCUT2D eigenvalue weighted by Gasteiger charge is 2.19. The second-order valence-electron chi connectivity index (χ2n) is 5.50. The van der Waals surface area contributed by atoms with Gasteiger partial charge in [0.1, 0.15) is 0 Å². The number of rotatable bonds is 7. The average Bonchev–Trinajstić information content (AvgIpc) is 3.08. The molecule has 0 bridgehead atoms. The van der Waals surface area contributed by atoms with Crippen LogP contribution in [0.25, 0.3) is 0 Å². The number of aliphatic hydroxyl groups is 1. The Hall–Kier alpha value is -1.85. The van der Waals surface area contributed by atoms with Crippen molar-refractivity contribution in [2.75, 3.05) is 13.2 Å². The number of carbonyl (C=O) groups is 1. The monoisotopic (exact) mass is 332 g/mol. The number of nitrogens with one attached hydrogen (secondary N) is 1. The predicted octanol–water partition coefficient (Wildman–Crippen LogP) is 3.71. The van der Waals surface area contributed by atoms with Gasteiger partial charge in [0.15, 0.2) is 0 Å². The Balaban J connectivity index is 2.07. The molecule has 0 aliphatic rings. The molecule has 0 aliphatic carbocycles. The van der Waals surface area contributed by atoms with Gasteiger partial charge in [-0.05, 0) is 35.9 Å². The maximum absolute atomic E-state index is 12.6. The van der Waals surface area contributed by atoms with Gasteiger partial charge in [0, 0.05) is 18.0 Å². The van der Waals surface area contributed by atoms with Crippen LogP contribution in [-0.2, 0) is 6.54 Å². The van der Waals surface area contributed by atoms with Crippen molar-refractivity contribution in [1.82, 2.24) is 10.2 Å². The molecule has 1 aromatic carbocycles. The van der Waals surface area contributed by atoms with E-state index in [9.17, 15) is 9.90 Å². The zero-order chi connectivity index (χ0) is 16.7. The number of nitrogens with zero attached hydrogens (tertiary/aromatic N) is 1. The van der Waals surface area contributed by atoms with E-state index in [1.807, 2.05) is 48.7 Å². The number of aryl methyl sites for hydroxylation is 1. The van der Waals surface area contributed by atoms with Gasteiger partial charge < -0.3 is 15.3 Å². The molecule has 2 N–H and O–H groups in total. The van der Waals surface area contributed by atoms with E-state index in [2.05, 4.69) is 12.2 Å². The third-order valence-electron chi connectivity index (χ3n) is 3.87. The van der Waals surface area contributed by atoms with Gasteiger partial charge >= 0.3 is 6.03 Å². The summed E-state index contributed by atoms with van der Waals surface area (Å²) < 4.78 is 0. The smallest absolute Gasteiger partial charge is 0.318 e. The first kappa shape index (κ1) is 17.5. The van der Waals surface area contributed by atoms with Gasteiger partial charge in [0.25, 0.3) is 0 Å². The molecule has 0 fully saturated rings. The number of thiophene rings is 1. The van der Waals surface area contributed by atoms with E-state index in [4.69, 9.17) is 0 Å². The Labute approximate surface area is 141 Å². The lowest BCUT2D eigenvalue weighted by Gasteiger charge is -2.26. The number of amides is 2. The molecule has 0 radical (unpaired) electrons. The van der Waals surface area contributed by atoms with Gasteiger partial charge in [-0.3, -0.25) is 0 Å². The molecule has 0 saturated heterocycles. The maximum atomic E-state index is 12.6. The Morgan fingerprint density at radius 3 is 2.70 bits per heavy atom. The summed E-state index contributed by atoms with van der Waals surface area (Å²) in [5.74, 6) is 0. The van der Waals surface area contributed by atoms with Crippen LogP contribution in [-0.4, -0.2) is 29.2 Å². The van der Waals surface area contributed by atoms with Crippen LogP contribution in [0.2, 0.25) is 0 Å². The molecular weight excluding hydrogens is 308 g/mol. The van der Waals surface area contributed by atoms with Gasteiger partial charge in [-0.1, -0.05) is 37.3 Å². The van der Waals surface area contributed by atoms with Crippen LogP contribution >= 0.6 is 11.3 Å². The quantitative estimate of drug-likeness (QED) is 0.812. The molecule has 0 spiro atoms. The van der Waals surface area contributed by atoms with Gasteiger partial charge in [0.05, 0.1) is 12.6 Å². The lowest BCUT2D eigenvalue weighted by atomic mass is 10.1. The van der Waals surface area contributed by atoms with Crippen LogP contribution in [0.15, 0.2) is 41.8 Å². The number of aliphatic hydroxyl groups excluding tert-OH is 1. The van der Waals surface area contributed by atoms with Crippen molar-refractivity contribution in [2.45, 2.75) is 32.9 Å². The largest absolute Gasteiger partial charge is 0.395 e. The zero-order valence-electron chi connectivity index (χ0n) is 13.7.